The van der Waals surface area contributed by atoms with Crippen molar-refractivity contribution < 1.29 is 50.6 Å². The van der Waals surface area contributed by atoms with Gasteiger partial charge in [0.05, 0.1) is 0 Å². The third-order valence-electron chi connectivity index (χ3n) is 8.03. The van der Waals surface area contributed by atoms with E-state index < -0.39 is 23.5 Å². The normalized spacial score (nSPS) is 13.3. The Morgan fingerprint density at radius 3 is 1.23 bits per heavy atom. The van der Waals surface area contributed by atoms with Gasteiger partial charge in [-0.15, -0.1) is 46.2 Å². The zero-order valence-corrected chi connectivity index (χ0v) is 30.3. The summed E-state index contributed by atoms with van der Waals surface area (Å²) in [5.74, 6) is 0. The van der Waals surface area contributed by atoms with E-state index in [9.17, 15) is 26.3 Å². The number of rotatable bonds is 2. The third kappa shape index (κ3) is 9.59. The Balaban J connectivity index is 0.000000189. The number of benzene rings is 4. The van der Waals surface area contributed by atoms with E-state index in [2.05, 4.69) is 96.2 Å². The molecular formula is C41H38F6Zr. The van der Waals surface area contributed by atoms with Gasteiger partial charge < -0.3 is 0 Å². The van der Waals surface area contributed by atoms with Crippen molar-refractivity contribution >= 4 is 24.8 Å². The molecule has 5 aromatic rings. The van der Waals surface area contributed by atoms with E-state index in [1.165, 1.54) is 56.9 Å². The minimum Gasteiger partial charge on any atom is -0.273 e. The number of hydrogen-bond donors (Lipinski definition) is 0. The topological polar surface area (TPSA) is 0 Å². The number of halogens is 6. The molecule has 0 bridgehead atoms. The molecule has 0 spiro atoms. The molecule has 0 radical (unpaired) electrons. The van der Waals surface area contributed by atoms with Crippen LogP contribution in [0.5, 0.6) is 0 Å². The van der Waals surface area contributed by atoms with Crippen molar-refractivity contribution in [1.82, 2.24) is 0 Å². The molecule has 1 aliphatic carbocycles. The van der Waals surface area contributed by atoms with Gasteiger partial charge in [-0.25, -0.2) is 12.2 Å². The second-order valence-electron chi connectivity index (χ2n) is 13.8. The fourth-order valence-corrected chi connectivity index (χ4v) is 5.91. The van der Waals surface area contributed by atoms with Crippen molar-refractivity contribution in [3.8, 4) is 0 Å². The van der Waals surface area contributed by atoms with Gasteiger partial charge in [-0.3, -0.25) is 6.08 Å². The maximum atomic E-state index is 12.5. The minimum atomic E-state index is -4.41. The van der Waals surface area contributed by atoms with Crippen LogP contribution in [0.2, 0.25) is 0 Å². The summed E-state index contributed by atoms with van der Waals surface area (Å²) < 4.78 is 75.6. The summed E-state index contributed by atoms with van der Waals surface area (Å²) in [4.78, 5) is 0. The molecule has 0 saturated heterocycles. The van der Waals surface area contributed by atoms with E-state index in [4.69, 9.17) is 0 Å². The van der Waals surface area contributed by atoms with Crippen molar-refractivity contribution in [3.63, 3.8) is 0 Å². The van der Waals surface area contributed by atoms with Crippen LogP contribution in [0.4, 0.5) is 26.3 Å². The van der Waals surface area contributed by atoms with Crippen molar-refractivity contribution in [2.75, 3.05) is 0 Å². The van der Waals surface area contributed by atoms with E-state index in [-0.39, 0.29) is 10.8 Å². The maximum Gasteiger partial charge on any atom is -0.109 e. The van der Waals surface area contributed by atoms with Crippen LogP contribution in [0, 0.1) is 6.08 Å². The summed E-state index contributed by atoms with van der Waals surface area (Å²) in [7, 11) is 0. The summed E-state index contributed by atoms with van der Waals surface area (Å²) in [5, 5.41) is 5.49. The summed E-state index contributed by atoms with van der Waals surface area (Å²) in [6.07, 6.45) is 1.18. The molecule has 0 nitrogen and oxygen atoms in total. The molecular weight excluding hydrogens is 698 g/mol. The predicted octanol–water partition coefficient (Wildman–Crippen LogP) is 12.5. The Morgan fingerprint density at radius 1 is 0.583 bits per heavy atom. The maximum absolute atomic E-state index is 12.5. The van der Waals surface area contributed by atoms with E-state index in [1.807, 2.05) is 12.2 Å². The van der Waals surface area contributed by atoms with Gasteiger partial charge in [-0.1, -0.05) is 76.9 Å². The molecule has 6 rings (SSSR count). The Bertz CT molecular complexity index is 1780. The SMILES string of the molecule is CC(C)(C)c1ccc2[cH-]c3ccc(C(C)(C)C)cc3c2c1.FC(F)(F)c1ccc([C](=[Zr+2])c2ccc(C(F)(F)F)cc2)cc1.[C-]1=CC=CC1. The summed E-state index contributed by atoms with van der Waals surface area (Å²) >= 11 is 0.898. The monoisotopic (exact) mass is 734 g/mol. The van der Waals surface area contributed by atoms with Crippen LogP contribution < -0.4 is 0 Å². The Morgan fingerprint density at radius 2 is 0.958 bits per heavy atom. The van der Waals surface area contributed by atoms with Crippen LogP contribution in [0.15, 0.2) is 109 Å². The van der Waals surface area contributed by atoms with Crippen LogP contribution in [0.25, 0.3) is 21.5 Å². The summed E-state index contributed by atoms with van der Waals surface area (Å²) in [6.45, 7) is 13.7. The van der Waals surface area contributed by atoms with Gasteiger partial charge in [-0.2, -0.15) is 6.08 Å². The van der Waals surface area contributed by atoms with E-state index >= 15 is 0 Å². The van der Waals surface area contributed by atoms with Gasteiger partial charge in [0.1, 0.15) is 0 Å². The fourth-order valence-electron chi connectivity index (χ4n) is 5.09. The summed E-state index contributed by atoms with van der Waals surface area (Å²) in [6, 6.07) is 25.3. The first kappa shape index (κ1) is 37.4. The zero-order valence-electron chi connectivity index (χ0n) is 27.9. The van der Waals surface area contributed by atoms with Crippen molar-refractivity contribution in [3.05, 3.63) is 149 Å². The van der Waals surface area contributed by atoms with Gasteiger partial charge in [0.25, 0.3) is 0 Å². The minimum absolute atomic E-state index is 0.194. The average molecular weight is 736 g/mol. The first-order valence-corrected chi connectivity index (χ1v) is 16.8. The largest absolute Gasteiger partial charge is 0.273 e. The van der Waals surface area contributed by atoms with Crippen molar-refractivity contribution in [1.29, 1.82) is 0 Å². The van der Waals surface area contributed by atoms with Crippen LogP contribution >= 0.6 is 0 Å². The molecule has 7 heteroatoms. The quantitative estimate of drug-likeness (QED) is 0.125. The van der Waals surface area contributed by atoms with E-state index in [0.29, 0.717) is 14.3 Å². The Hall–Kier alpha value is -3.44. The Kier molecular flexibility index (Phi) is 11.4. The Labute approximate surface area is 293 Å². The zero-order chi connectivity index (χ0) is 35.5. The van der Waals surface area contributed by atoms with Crippen LogP contribution in [0.3, 0.4) is 0 Å². The fraction of sp³-hybridized carbons (Fsp3) is 0.268. The number of hydrogen-bond acceptors (Lipinski definition) is 0. The van der Waals surface area contributed by atoms with Crippen molar-refractivity contribution in [2.24, 2.45) is 0 Å². The van der Waals surface area contributed by atoms with Gasteiger partial charge in [0, 0.05) is 0 Å². The molecule has 48 heavy (non-hydrogen) atoms. The smallest absolute Gasteiger partial charge is 0.109 e. The molecule has 0 aliphatic heterocycles. The average Bonchev–Trinajstić information content (AvgIpc) is 3.71. The molecule has 248 valence electrons. The molecule has 0 unspecified atom stereocenters. The first-order chi connectivity index (χ1) is 22.2. The molecule has 0 atom stereocenters. The molecule has 0 saturated carbocycles. The van der Waals surface area contributed by atoms with Gasteiger partial charge in [-0.05, 0) is 10.8 Å². The number of allylic oxidation sites excluding steroid dienone is 4. The van der Waals surface area contributed by atoms with Gasteiger partial charge in [0.2, 0.25) is 0 Å². The standard InChI is InChI=1S/C21H25.C15H8F6.C5H5.Zr/c1-20(2,3)16-9-7-14-11-15-8-10-17(21(4,5)6)13-19(15)18(14)12-16;16-14(17,18)12-5-1-10(2-6-12)9-11-3-7-13(8-4-11)15(19,20)21;1-2-4-5-3-1;/h7-13H,1-6H3;1-8H;1-3H,4H2;/q-1;;-1;+2. The van der Waals surface area contributed by atoms with Gasteiger partial charge >= 0.3 is 137 Å². The van der Waals surface area contributed by atoms with E-state index in [0.717, 1.165) is 54.9 Å². The molecule has 0 fully saturated rings. The first-order valence-electron chi connectivity index (χ1n) is 15.5. The number of fused-ring (bicyclic) bond motifs is 3. The van der Waals surface area contributed by atoms with Crippen LogP contribution in [-0.4, -0.2) is 3.21 Å². The van der Waals surface area contributed by atoms with Crippen molar-refractivity contribution in [2.45, 2.75) is 71.1 Å². The molecule has 0 N–H and O–H groups in total. The van der Waals surface area contributed by atoms with Crippen LogP contribution in [-0.2, 0) is 47.4 Å². The third-order valence-corrected chi connectivity index (χ3v) is 9.45. The van der Waals surface area contributed by atoms with Gasteiger partial charge in [0.15, 0.2) is 0 Å². The molecule has 0 aromatic heterocycles. The second-order valence-corrected chi connectivity index (χ2v) is 15.0. The molecule has 0 amide bonds. The number of alkyl halides is 6. The van der Waals surface area contributed by atoms with E-state index in [1.54, 1.807) is 0 Å². The molecule has 5 aromatic carbocycles. The predicted molar refractivity (Wildman–Crippen MR) is 182 cm³/mol. The molecule has 0 heterocycles. The summed E-state index contributed by atoms with van der Waals surface area (Å²) in [5.41, 5.74) is 2.81. The molecule has 1 aliphatic rings. The second kappa shape index (κ2) is 14.6. The van der Waals surface area contributed by atoms with Crippen LogP contribution in [0.1, 0.15) is 81.3 Å².